The predicted molar refractivity (Wildman–Crippen MR) is 72.0 cm³/mol. The van der Waals surface area contributed by atoms with Gasteiger partial charge in [0.05, 0.1) is 11.3 Å². The molecule has 1 aromatic carbocycles. The molecular weight excluding hydrogens is 226 g/mol. The molecule has 1 amide bonds. The van der Waals surface area contributed by atoms with Gasteiger partial charge in [0.25, 0.3) is 11.7 Å². The van der Waals surface area contributed by atoms with Crippen LogP contribution in [-0.4, -0.2) is 18.2 Å². The molecule has 3 heteroatoms. The number of aryl methyl sites for hydroxylation is 2. The van der Waals surface area contributed by atoms with Crippen molar-refractivity contribution in [1.82, 2.24) is 0 Å². The van der Waals surface area contributed by atoms with Gasteiger partial charge in [-0.05, 0) is 44.9 Å². The molecule has 1 aliphatic heterocycles. The molecule has 0 radical (unpaired) electrons. The molecule has 0 bridgehead atoms. The minimum Gasteiger partial charge on any atom is -0.301 e. The van der Waals surface area contributed by atoms with Gasteiger partial charge in [-0.3, -0.25) is 9.59 Å². The number of carbonyl (C=O) groups excluding carboxylic acids is 2. The summed E-state index contributed by atoms with van der Waals surface area (Å²) in [4.78, 5) is 25.5. The number of ketones is 1. The number of benzene rings is 1. The van der Waals surface area contributed by atoms with Gasteiger partial charge in [0.15, 0.2) is 0 Å². The number of nitrogens with zero attached hydrogens (tertiary/aromatic N) is 1. The summed E-state index contributed by atoms with van der Waals surface area (Å²) in [6.45, 7) is 8.26. The third kappa shape index (κ3) is 1.96. The largest absolute Gasteiger partial charge is 0.301 e. The number of hydrogen-bond donors (Lipinski definition) is 0. The molecule has 0 N–H and O–H groups in total. The lowest BCUT2D eigenvalue weighted by Gasteiger charge is -2.15. The number of hydrogen-bond acceptors (Lipinski definition) is 2. The van der Waals surface area contributed by atoms with E-state index in [1.807, 2.05) is 45.9 Å². The van der Waals surface area contributed by atoms with Crippen LogP contribution in [0.15, 0.2) is 23.8 Å². The second kappa shape index (κ2) is 4.41. The maximum atomic E-state index is 12.0. The van der Waals surface area contributed by atoms with E-state index in [-0.39, 0.29) is 5.78 Å². The van der Waals surface area contributed by atoms with E-state index in [2.05, 4.69) is 0 Å². The van der Waals surface area contributed by atoms with Crippen LogP contribution in [-0.2, 0) is 4.79 Å². The molecule has 0 fully saturated rings. The molecular formula is C15H17NO2. The number of amides is 1. The SMILES string of the molecule is CC(C)=CCN1C(=O)C(=O)c2c(C)cc(C)cc21. The fourth-order valence-corrected chi connectivity index (χ4v) is 2.25. The van der Waals surface area contributed by atoms with E-state index in [0.29, 0.717) is 12.1 Å². The molecule has 0 aliphatic carbocycles. The molecule has 1 aliphatic rings. The predicted octanol–water partition coefficient (Wildman–Crippen LogP) is 2.80. The molecule has 2 rings (SSSR count). The van der Waals surface area contributed by atoms with Crippen molar-refractivity contribution in [3.05, 3.63) is 40.5 Å². The third-order valence-corrected chi connectivity index (χ3v) is 3.10. The topological polar surface area (TPSA) is 37.4 Å². The van der Waals surface area contributed by atoms with Crippen molar-refractivity contribution in [2.24, 2.45) is 0 Å². The number of anilines is 1. The van der Waals surface area contributed by atoms with Crippen LogP contribution in [0.1, 0.15) is 35.3 Å². The Hall–Kier alpha value is -1.90. The summed E-state index contributed by atoms with van der Waals surface area (Å²) < 4.78 is 0. The van der Waals surface area contributed by atoms with E-state index in [9.17, 15) is 9.59 Å². The summed E-state index contributed by atoms with van der Waals surface area (Å²) >= 11 is 0. The van der Waals surface area contributed by atoms with Crippen molar-refractivity contribution in [2.75, 3.05) is 11.4 Å². The Labute approximate surface area is 107 Å². The minimum absolute atomic E-state index is 0.385. The highest BCUT2D eigenvalue weighted by atomic mass is 16.2. The highest BCUT2D eigenvalue weighted by molar-refractivity contribution is 6.52. The second-order valence-electron chi connectivity index (χ2n) is 5.00. The maximum Gasteiger partial charge on any atom is 0.299 e. The standard InChI is InChI=1S/C15H17NO2/c1-9(2)5-6-16-12-8-10(3)7-11(4)13(12)14(17)15(16)18/h5,7-8H,6H2,1-4H3. The Kier molecular flexibility index (Phi) is 3.07. The maximum absolute atomic E-state index is 12.0. The van der Waals surface area contributed by atoms with Crippen LogP contribution >= 0.6 is 0 Å². The summed E-state index contributed by atoms with van der Waals surface area (Å²) in [5, 5.41) is 0. The third-order valence-electron chi connectivity index (χ3n) is 3.10. The Morgan fingerprint density at radius 2 is 1.89 bits per heavy atom. The molecule has 0 aromatic heterocycles. The van der Waals surface area contributed by atoms with Crippen molar-refractivity contribution in [2.45, 2.75) is 27.7 Å². The molecule has 0 saturated heterocycles. The minimum atomic E-state index is -0.420. The Morgan fingerprint density at radius 1 is 1.22 bits per heavy atom. The summed E-state index contributed by atoms with van der Waals surface area (Å²) in [6.07, 6.45) is 1.96. The van der Waals surface area contributed by atoms with Crippen LogP contribution < -0.4 is 4.90 Å². The molecule has 0 unspecified atom stereocenters. The van der Waals surface area contributed by atoms with Gasteiger partial charge < -0.3 is 4.90 Å². The van der Waals surface area contributed by atoms with Crippen LogP contribution in [0.25, 0.3) is 0 Å². The summed E-state index contributed by atoms with van der Waals surface area (Å²) in [7, 11) is 0. The summed E-state index contributed by atoms with van der Waals surface area (Å²) in [5.41, 5.74) is 4.39. The van der Waals surface area contributed by atoms with Crippen LogP contribution in [0.5, 0.6) is 0 Å². The van der Waals surface area contributed by atoms with E-state index in [0.717, 1.165) is 22.4 Å². The molecule has 1 aromatic rings. The van der Waals surface area contributed by atoms with Gasteiger partial charge in [0, 0.05) is 6.54 Å². The smallest absolute Gasteiger partial charge is 0.299 e. The first-order valence-corrected chi connectivity index (χ1v) is 6.02. The van der Waals surface area contributed by atoms with Gasteiger partial charge in [0.1, 0.15) is 0 Å². The van der Waals surface area contributed by atoms with Crippen molar-refractivity contribution in [1.29, 1.82) is 0 Å². The first-order chi connectivity index (χ1) is 8.41. The highest BCUT2D eigenvalue weighted by Gasteiger charge is 2.36. The van der Waals surface area contributed by atoms with E-state index >= 15 is 0 Å². The first-order valence-electron chi connectivity index (χ1n) is 6.02. The average Bonchev–Trinajstić information content (AvgIpc) is 2.49. The van der Waals surface area contributed by atoms with Gasteiger partial charge in [-0.1, -0.05) is 17.7 Å². The molecule has 18 heavy (non-hydrogen) atoms. The molecule has 3 nitrogen and oxygen atoms in total. The average molecular weight is 243 g/mol. The molecule has 0 spiro atoms. The number of Topliss-reactive ketones (excluding diaryl/α,β-unsaturated/α-hetero) is 1. The second-order valence-corrected chi connectivity index (χ2v) is 5.00. The van der Waals surface area contributed by atoms with Gasteiger partial charge in [-0.25, -0.2) is 0 Å². The van der Waals surface area contributed by atoms with E-state index in [1.54, 1.807) is 4.90 Å². The molecule has 0 saturated carbocycles. The number of fused-ring (bicyclic) bond motifs is 1. The molecule has 0 atom stereocenters. The fourth-order valence-electron chi connectivity index (χ4n) is 2.25. The van der Waals surface area contributed by atoms with E-state index in [1.165, 1.54) is 0 Å². The highest BCUT2D eigenvalue weighted by Crippen LogP contribution is 2.32. The van der Waals surface area contributed by atoms with Crippen molar-refractivity contribution < 1.29 is 9.59 Å². The zero-order valence-corrected chi connectivity index (χ0v) is 11.2. The van der Waals surface area contributed by atoms with Crippen molar-refractivity contribution >= 4 is 17.4 Å². The number of carbonyl (C=O) groups is 2. The van der Waals surface area contributed by atoms with Crippen LogP contribution in [0.3, 0.4) is 0 Å². The van der Waals surface area contributed by atoms with E-state index < -0.39 is 5.91 Å². The Bertz CT molecular complexity index is 566. The Balaban J connectivity index is 2.51. The summed E-state index contributed by atoms with van der Waals surface area (Å²) in [6, 6.07) is 3.85. The summed E-state index contributed by atoms with van der Waals surface area (Å²) in [5.74, 6) is -0.805. The van der Waals surface area contributed by atoms with Gasteiger partial charge >= 0.3 is 0 Å². The van der Waals surface area contributed by atoms with Crippen molar-refractivity contribution in [3.63, 3.8) is 0 Å². The lowest BCUT2D eigenvalue weighted by molar-refractivity contribution is -0.114. The fraction of sp³-hybridized carbons (Fsp3) is 0.333. The van der Waals surface area contributed by atoms with Crippen LogP contribution in [0.4, 0.5) is 5.69 Å². The van der Waals surface area contributed by atoms with Gasteiger partial charge in [0.2, 0.25) is 0 Å². The Morgan fingerprint density at radius 3 is 2.50 bits per heavy atom. The van der Waals surface area contributed by atoms with Gasteiger partial charge in [-0.2, -0.15) is 0 Å². The quantitative estimate of drug-likeness (QED) is 0.591. The van der Waals surface area contributed by atoms with E-state index in [4.69, 9.17) is 0 Å². The molecule has 1 heterocycles. The first kappa shape index (κ1) is 12.6. The van der Waals surface area contributed by atoms with Crippen LogP contribution in [0, 0.1) is 13.8 Å². The van der Waals surface area contributed by atoms with Crippen molar-refractivity contribution in [3.8, 4) is 0 Å². The zero-order chi connectivity index (χ0) is 13.4. The number of rotatable bonds is 2. The normalized spacial score (nSPS) is 13.9. The lowest BCUT2D eigenvalue weighted by atomic mass is 10.0. The lowest BCUT2D eigenvalue weighted by Crippen LogP contribution is -2.29. The van der Waals surface area contributed by atoms with Gasteiger partial charge in [-0.15, -0.1) is 0 Å². The number of allylic oxidation sites excluding steroid dienone is 1. The molecule has 94 valence electrons. The van der Waals surface area contributed by atoms with Crippen LogP contribution in [0.2, 0.25) is 0 Å². The zero-order valence-electron chi connectivity index (χ0n) is 11.2. The monoisotopic (exact) mass is 243 g/mol.